The third-order valence-electron chi connectivity index (χ3n) is 2.72. The molecule has 0 bridgehead atoms. The summed E-state index contributed by atoms with van der Waals surface area (Å²) in [4.78, 5) is 15.9. The van der Waals surface area contributed by atoms with E-state index in [-0.39, 0.29) is 11.6 Å². The Bertz CT molecular complexity index is 529. The second-order valence-electron chi connectivity index (χ2n) is 4.12. The smallest absolute Gasteiger partial charge is 0.334 e. The number of esters is 1. The molecule has 0 fully saturated rings. The Morgan fingerprint density at radius 2 is 2.32 bits per heavy atom. The van der Waals surface area contributed by atoms with Crippen molar-refractivity contribution in [2.24, 2.45) is 4.99 Å². The monoisotopic (exact) mass is 375 g/mol. The number of carbonyl (C=O) groups excluding carboxylic acids is 1. The predicted molar refractivity (Wildman–Crippen MR) is 78.3 cm³/mol. The molecule has 1 heterocycles. The Balaban J connectivity index is 2.26. The minimum atomic E-state index is -0.673. The van der Waals surface area contributed by atoms with Crippen LogP contribution in [0, 0.1) is 3.57 Å². The number of hydrogen-bond donors (Lipinski definition) is 1. The van der Waals surface area contributed by atoms with Gasteiger partial charge in [0.25, 0.3) is 0 Å². The predicted octanol–water partition coefficient (Wildman–Crippen LogP) is 2.09. The standard InChI is InChI=1S/C13H14INO4/c1-3-18-13(17)11-7(2)19-12(15-11)9-5-4-8(14)6-10(9)16/h4-7,11,16H,3H2,1-2H3/t7-,11-/m1/s1. The maximum atomic E-state index is 11.7. The van der Waals surface area contributed by atoms with Gasteiger partial charge in [0.05, 0.1) is 12.2 Å². The lowest BCUT2D eigenvalue weighted by molar-refractivity contribution is -0.145. The fourth-order valence-corrected chi connectivity index (χ4v) is 2.27. The average Bonchev–Trinajstić information content (AvgIpc) is 2.71. The second kappa shape index (κ2) is 5.77. The van der Waals surface area contributed by atoms with Crippen molar-refractivity contribution in [3.63, 3.8) is 0 Å². The Labute approximate surface area is 124 Å². The van der Waals surface area contributed by atoms with Crippen molar-refractivity contribution in [3.05, 3.63) is 27.3 Å². The molecular weight excluding hydrogens is 361 g/mol. The summed E-state index contributed by atoms with van der Waals surface area (Å²) in [5, 5.41) is 9.88. The zero-order valence-corrected chi connectivity index (χ0v) is 12.7. The van der Waals surface area contributed by atoms with Crippen molar-refractivity contribution >= 4 is 34.5 Å². The van der Waals surface area contributed by atoms with Crippen LogP contribution in [0.3, 0.4) is 0 Å². The minimum absolute atomic E-state index is 0.0855. The van der Waals surface area contributed by atoms with Crippen LogP contribution < -0.4 is 0 Å². The summed E-state index contributed by atoms with van der Waals surface area (Å²) in [6.45, 7) is 3.80. The molecule has 0 amide bonds. The number of aromatic hydroxyl groups is 1. The van der Waals surface area contributed by atoms with Gasteiger partial charge in [-0.05, 0) is 54.6 Å². The summed E-state index contributed by atoms with van der Waals surface area (Å²) in [6.07, 6.45) is -0.396. The molecule has 5 nitrogen and oxygen atoms in total. The summed E-state index contributed by atoms with van der Waals surface area (Å²) in [6, 6.07) is 4.50. The third kappa shape index (κ3) is 2.99. The van der Waals surface area contributed by atoms with Crippen LogP contribution in [0.4, 0.5) is 0 Å². The number of benzene rings is 1. The van der Waals surface area contributed by atoms with E-state index in [1.165, 1.54) is 0 Å². The molecule has 2 rings (SSSR count). The van der Waals surface area contributed by atoms with Gasteiger partial charge in [-0.25, -0.2) is 9.79 Å². The number of carbonyl (C=O) groups is 1. The molecule has 1 aliphatic rings. The van der Waals surface area contributed by atoms with E-state index in [9.17, 15) is 9.90 Å². The van der Waals surface area contributed by atoms with Gasteiger partial charge in [-0.1, -0.05) is 0 Å². The van der Waals surface area contributed by atoms with Crippen molar-refractivity contribution in [1.29, 1.82) is 0 Å². The lowest BCUT2D eigenvalue weighted by atomic mass is 10.2. The molecule has 0 unspecified atom stereocenters. The normalized spacial score (nSPS) is 21.7. The van der Waals surface area contributed by atoms with E-state index in [2.05, 4.69) is 27.6 Å². The SMILES string of the molecule is CCOC(=O)[C@@H]1N=C(c2ccc(I)cc2O)O[C@@H]1C. The summed E-state index contributed by atoms with van der Waals surface area (Å²) < 4.78 is 11.4. The van der Waals surface area contributed by atoms with E-state index in [4.69, 9.17) is 9.47 Å². The molecular formula is C13H14INO4. The molecule has 0 saturated heterocycles. The largest absolute Gasteiger partial charge is 0.507 e. The van der Waals surface area contributed by atoms with Gasteiger partial charge in [-0.15, -0.1) is 0 Å². The molecule has 1 aromatic rings. The number of nitrogens with zero attached hydrogens (tertiary/aromatic N) is 1. The third-order valence-corrected chi connectivity index (χ3v) is 3.39. The highest BCUT2D eigenvalue weighted by atomic mass is 127. The zero-order valence-electron chi connectivity index (χ0n) is 10.6. The number of ether oxygens (including phenoxy) is 2. The van der Waals surface area contributed by atoms with E-state index in [1.54, 1.807) is 26.0 Å². The highest BCUT2D eigenvalue weighted by Gasteiger charge is 2.35. The lowest BCUT2D eigenvalue weighted by Crippen LogP contribution is -2.29. The highest BCUT2D eigenvalue weighted by molar-refractivity contribution is 14.1. The number of hydrogen-bond acceptors (Lipinski definition) is 5. The van der Waals surface area contributed by atoms with Crippen molar-refractivity contribution < 1.29 is 19.4 Å². The van der Waals surface area contributed by atoms with Crippen LogP contribution >= 0.6 is 22.6 Å². The van der Waals surface area contributed by atoms with E-state index in [0.717, 1.165) is 3.57 Å². The van der Waals surface area contributed by atoms with Crippen LogP contribution in [0.2, 0.25) is 0 Å². The van der Waals surface area contributed by atoms with E-state index in [0.29, 0.717) is 12.2 Å². The van der Waals surface area contributed by atoms with Crippen molar-refractivity contribution in [2.45, 2.75) is 26.0 Å². The maximum absolute atomic E-state index is 11.7. The molecule has 6 heteroatoms. The summed E-state index contributed by atoms with van der Waals surface area (Å²) >= 11 is 2.10. The molecule has 1 aromatic carbocycles. The van der Waals surface area contributed by atoms with E-state index >= 15 is 0 Å². The molecule has 1 N–H and O–H groups in total. The summed E-state index contributed by atoms with van der Waals surface area (Å²) in [5.74, 6) is -0.0446. The summed E-state index contributed by atoms with van der Waals surface area (Å²) in [7, 11) is 0. The van der Waals surface area contributed by atoms with Gasteiger partial charge < -0.3 is 14.6 Å². The Hall–Kier alpha value is -1.31. The Morgan fingerprint density at radius 1 is 1.58 bits per heavy atom. The highest BCUT2D eigenvalue weighted by Crippen LogP contribution is 2.26. The maximum Gasteiger partial charge on any atom is 0.334 e. The van der Waals surface area contributed by atoms with Crippen LogP contribution in [0.15, 0.2) is 23.2 Å². The fraction of sp³-hybridized carbons (Fsp3) is 0.385. The molecule has 0 aliphatic carbocycles. The molecule has 0 aromatic heterocycles. The van der Waals surface area contributed by atoms with Crippen LogP contribution in [0.5, 0.6) is 5.75 Å². The number of aliphatic imine (C=N–C) groups is 1. The van der Waals surface area contributed by atoms with Crippen LogP contribution in [0.1, 0.15) is 19.4 Å². The van der Waals surface area contributed by atoms with Gasteiger partial charge >= 0.3 is 5.97 Å². The first-order chi connectivity index (χ1) is 9.02. The first-order valence-corrected chi connectivity index (χ1v) is 7.00. The Kier molecular flexibility index (Phi) is 4.28. The molecule has 0 spiro atoms. The molecule has 102 valence electrons. The number of halogens is 1. The van der Waals surface area contributed by atoms with Gasteiger partial charge in [0.1, 0.15) is 11.9 Å². The first-order valence-electron chi connectivity index (χ1n) is 5.93. The van der Waals surface area contributed by atoms with Gasteiger partial charge in [0, 0.05) is 3.57 Å². The first kappa shape index (κ1) is 14.1. The van der Waals surface area contributed by atoms with Crippen LogP contribution in [-0.4, -0.2) is 35.7 Å². The minimum Gasteiger partial charge on any atom is -0.507 e. The van der Waals surface area contributed by atoms with Crippen molar-refractivity contribution in [2.75, 3.05) is 6.61 Å². The van der Waals surface area contributed by atoms with Gasteiger partial charge in [0.2, 0.25) is 5.90 Å². The van der Waals surface area contributed by atoms with E-state index in [1.807, 2.05) is 6.07 Å². The second-order valence-corrected chi connectivity index (χ2v) is 5.36. The van der Waals surface area contributed by atoms with Gasteiger partial charge in [-0.3, -0.25) is 0 Å². The lowest BCUT2D eigenvalue weighted by Gasteiger charge is -2.11. The zero-order chi connectivity index (χ0) is 14.0. The quantitative estimate of drug-likeness (QED) is 0.649. The van der Waals surface area contributed by atoms with Gasteiger partial charge in [0.15, 0.2) is 6.04 Å². The number of phenols is 1. The Morgan fingerprint density at radius 3 is 2.95 bits per heavy atom. The van der Waals surface area contributed by atoms with Gasteiger partial charge in [-0.2, -0.15) is 0 Å². The van der Waals surface area contributed by atoms with Crippen molar-refractivity contribution in [3.8, 4) is 5.75 Å². The molecule has 0 radical (unpaired) electrons. The van der Waals surface area contributed by atoms with E-state index < -0.39 is 18.1 Å². The molecule has 0 saturated carbocycles. The molecule has 1 aliphatic heterocycles. The number of phenolic OH excluding ortho intramolecular Hbond substituents is 1. The molecule has 2 atom stereocenters. The average molecular weight is 375 g/mol. The van der Waals surface area contributed by atoms with Crippen LogP contribution in [-0.2, 0) is 14.3 Å². The summed E-state index contributed by atoms with van der Waals surface area (Å²) in [5.41, 5.74) is 0.485. The number of rotatable bonds is 3. The van der Waals surface area contributed by atoms with Crippen molar-refractivity contribution in [1.82, 2.24) is 0 Å². The molecule has 19 heavy (non-hydrogen) atoms. The van der Waals surface area contributed by atoms with Crippen LogP contribution in [0.25, 0.3) is 0 Å². The topological polar surface area (TPSA) is 68.1 Å². The fourth-order valence-electron chi connectivity index (χ4n) is 1.79.